The molecule has 1 nitrogen and oxygen atoms in total. The molecule has 0 radical (unpaired) electrons. The maximum atomic E-state index is 5.91. The predicted molar refractivity (Wildman–Crippen MR) is 162 cm³/mol. The molecular formula is C29H60Cl3NSi. The minimum atomic E-state index is -2.36. The third-order valence-corrected chi connectivity index (χ3v) is 9.79. The third-order valence-electron chi connectivity index (χ3n) is 7.16. The van der Waals surface area contributed by atoms with Crippen LogP contribution in [0, 0.1) is 0 Å². The molecule has 0 aromatic heterocycles. The van der Waals surface area contributed by atoms with Gasteiger partial charge in [0.2, 0.25) is 0 Å². The second kappa shape index (κ2) is 28.6. The molecule has 5 heteroatoms. The standard InChI is InChI=1S/C29H60Cl3NSi/c30-34(31,32)29-27-25-23-21-19-17-15-13-11-9-7-5-3-1-2-4-6-8-10-12-14-16-18-20-22-24-26-28-33/h1-29,33H2. The summed E-state index contributed by atoms with van der Waals surface area (Å²) in [7, 11) is 0. The van der Waals surface area contributed by atoms with Gasteiger partial charge in [-0.3, -0.25) is 0 Å². The van der Waals surface area contributed by atoms with Gasteiger partial charge in [0.1, 0.15) is 0 Å². The van der Waals surface area contributed by atoms with Crippen LogP contribution in [0.2, 0.25) is 6.04 Å². The molecule has 0 saturated carbocycles. The predicted octanol–water partition coefficient (Wildman–Crippen LogP) is 12.1. The second-order valence-electron chi connectivity index (χ2n) is 10.7. The van der Waals surface area contributed by atoms with Crippen molar-refractivity contribution >= 4 is 39.2 Å². The van der Waals surface area contributed by atoms with Gasteiger partial charge in [-0.25, -0.2) is 0 Å². The van der Waals surface area contributed by atoms with Crippen LogP contribution in [-0.2, 0) is 0 Å². The number of rotatable bonds is 29. The van der Waals surface area contributed by atoms with E-state index in [2.05, 4.69) is 0 Å². The summed E-state index contributed by atoms with van der Waals surface area (Å²) >= 11 is 17.7. The van der Waals surface area contributed by atoms with E-state index in [1.54, 1.807) is 0 Å². The van der Waals surface area contributed by atoms with Gasteiger partial charge in [0.25, 0.3) is 0 Å². The van der Waals surface area contributed by atoms with Gasteiger partial charge < -0.3 is 5.73 Å². The summed E-state index contributed by atoms with van der Waals surface area (Å²) < 4.78 is 0. The molecular weight excluding hydrogens is 497 g/mol. The van der Waals surface area contributed by atoms with Crippen LogP contribution in [0.15, 0.2) is 0 Å². The zero-order chi connectivity index (χ0) is 25.0. The molecule has 0 aromatic rings. The van der Waals surface area contributed by atoms with Gasteiger partial charge in [-0.1, -0.05) is 167 Å². The normalized spacial score (nSPS) is 12.0. The van der Waals surface area contributed by atoms with Crippen LogP contribution in [0.4, 0.5) is 0 Å². The average molecular weight is 557 g/mol. The van der Waals surface area contributed by atoms with E-state index in [0.29, 0.717) is 0 Å². The lowest BCUT2D eigenvalue weighted by Gasteiger charge is -2.07. The number of hydrogen-bond donors (Lipinski definition) is 1. The fourth-order valence-corrected chi connectivity index (χ4v) is 6.74. The Balaban J connectivity index is 3.03. The Kier molecular flexibility index (Phi) is 29.5. The highest BCUT2D eigenvalue weighted by Crippen LogP contribution is 2.27. The number of nitrogens with two attached hydrogens (primary N) is 1. The zero-order valence-electron chi connectivity index (χ0n) is 22.7. The molecule has 0 aliphatic carbocycles. The number of unbranched alkanes of at least 4 members (excludes halogenated alkanes) is 26. The Morgan fingerprint density at radius 1 is 0.294 bits per heavy atom. The molecule has 0 atom stereocenters. The van der Waals surface area contributed by atoms with E-state index < -0.39 is 6.00 Å². The lowest BCUT2D eigenvalue weighted by atomic mass is 10.0. The molecule has 0 aromatic carbocycles. The SMILES string of the molecule is NCCCCCCCCCCCCCCCCCCCCCCCCCCCCC[Si](Cl)(Cl)Cl. The first-order valence-corrected chi connectivity index (χ1v) is 20.6. The number of halogens is 3. The molecule has 0 bridgehead atoms. The molecule has 0 rings (SSSR count). The maximum Gasteiger partial charge on any atom is 0.341 e. The van der Waals surface area contributed by atoms with Crippen molar-refractivity contribution in [2.45, 2.75) is 179 Å². The van der Waals surface area contributed by atoms with E-state index in [1.165, 1.54) is 167 Å². The Bertz CT molecular complexity index is 377. The Morgan fingerprint density at radius 2 is 0.471 bits per heavy atom. The highest BCUT2D eigenvalue weighted by atomic mass is 35.8. The highest BCUT2D eigenvalue weighted by Gasteiger charge is 2.23. The number of hydrogen-bond acceptors (Lipinski definition) is 1. The van der Waals surface area contributed by atoms with Crippen LogP contribution in [0.25, 0.3) is 0 Å². The van der Waals surface area contributed by atoms with Crippen molar-refractivity contribution in [3.8, 4) is 0 Å². The Morgan fingerprint density at radius 3 is 0.647 bits per heavy atom. The van der Waals surface area contributed by atoms with Gasteiger partial charge in [0, 0.05) is 0 Å². The van der Waals surface area contributed by atoms with Crippen molar-refractivity contribution in [3.05, 3.63) is 0 Å². The summed E-state index contributed by atoms with van der Waals surface area (Å²) in [5.74, 6) is 0. The summed E-state index contributed by atoms with van der Waals surface area (Å²) in [5, 5.41) is 0. The Labute approximate surface area is 230 Å². The molecule has 0 unspecified atom stereocenters. The molecule has 34 heavy (non-hydrogen) atoms. The fourth-order valence-electron chi connectivity index (χ4n) is 4.89. The summed E-state index contributed by atoms with van der Waals surface area (Å²) in [5.41, 5.74) is 5.53. The van der Waals surface area contributed by atoms with Crippen molar-refractivity contribution in [1.82, 2.24) is 0 Å². The molecule has 0 amide bonds. The smallest absolute Gasteiger partial charge is 0.330 e. The minimum absolute atomic E-state index is 0.828. The lowest BCUT2D eigenvalue weighted by Crippen LogP contribution is -2.07. The first-order valence-electron chi connectivity index (χ1n) is 15.3. The van der Waals surface area contributed by atoms with Crippen LogP contribution >= 0.6 is 33.2 Å². The van der Waals surface area contributed by atoms with Gasteiger partial charge in [-0.2, -0.15) is 0 Å². The molecule has 2 N–H and O–H groups in total. The van der Waals surface area contributed by atoms with Crippen molar-refractivity contribution in [2.24, 2.45) is 5.73 Å². The second-order valence-corrected chi connectivity index (χ2v) is 20.0. The molecule has 0 saturated heterocycles. The minimum Gasteiger partial charge on any atom is -0.330 e. The maximum absolute atomic E-state index is 5.91. The van der Waals surface area contributed by atoms with Crippen LogP contribution < -0.4 is 5.73 Å². The lowest BCUT2D eigenvalue weighted by molar-refractivity contribution is 0.515. The van der Waals surface area contributed by atoms with E-state index in [1.807, 2.05) is 0 Å². The molecule has 0 heterocycles. The average Bonchev–Trinajstić information content (AvgIpc) is 2.80. The first-order chi connectivity index (χ1) is 16.6. The van der Waals surface area contributed by atoms with Crippen LogP contribution in [0.3, 0.4) is 0 Å². The molecule has 206 valence electrons. The third kappa shape index (κ3) is 33.0. The van der Waals surface area contributed by atoms with Crippen LogP contribution in [0.1, 0.15) is 173 Å². The summed E-state index contributed by atoms with van der Waals surface area (Å²) in [6.45, 7) is 0.868. The topological polar surface area (TPSA) is 26.0 Å². The van der Waals surface area contributed by atoms with Crippen LogP contribution in [0.5, 0.6) is 0 Å². The summed E-state index contributed by atoms with van der Waals surface area (Å²) in [6.07, 6.45) is 37.9. The first kappa shape index (κ1) is 35.0. The highest BCUT2D eigenvalue weighted by molar-refractivity contribution is 7.64. The van der Waals surface area contributed by atoms with Crippen molar-refractivity contribution in [3.63, 3.8) is 0 Å². The van der Waals surface area contributed by atoms with Crippen molar-refractivity contribution < 1.29 is 0 Å². The van der Waals surface area contributed by atoms with Crippen LogP contribution in [-0.4, -0.2) is 12.5 Å². The largest absolute Gasteiger partial charge is 0.341 e. The van der Waals surface area contributed by atoms with E-state index in [9.17, 15) is 0 Å². The Hall–Kier alpha value is 1.05. The van der Waals surface area contributed by atoms with Gasteiger partial charge >= 0.3 is 6.00 Å². The quantitative estimate of drug-likeness (QED) is 0.0553. The summed E-state index contributed by atoms with van der Waals surface area (Å²) in [4.78, 5) is 0. The molecule has 0 aliphatic rings. The van der Waals surface area contributed by atoms with Gasteiger partial charge in [0.15, 0.2) is 0 Å². The van der Waals surface area contributed by atoms with E-state index in [4.69, 9.17) is 39.0 Å². The van der Waals surface area contributed by atoms with Gasteiger partial charge in [0.05, 0.1) is 0 Å². The van der Waals surface area contributed by atoms with E-state index in [-0.39, 0.29) is 0 Å². The molecule has 0 aliphatic heterocycles. The fraction of sp³-hybridized carbons (Fsp3) is 1.00. The molecule has 0 fully saturated rings. The summed E-state index contributed by atoms with van der Waals surface area (Å²) in [6, 6.07) is -1.54. The molecule has 0 spiro atoms. The zero-order valence-corrected chi connectivity index (χ0v) is 26.0. The van der Waals surface area contributed by atoms with E-state index in [0.717, 1.165) is 19.0 Å². The van der Waals surface area contributed by atoms with E-state index >= 15 is 0 Å². The van der Waals surface area contributed by atoms with Gasteiger partial charge in [-0.15, -0.1) is 33.2 Å². The monoisotopic (exact) mass is 555 g/mol. The van der Waals surface area contributed by atoms with Crippen molar-refractivity contribution in [1.29, 1.82) is 0 Å². The van der Waals surface area contributed by atoms with Crippen molar-refractivity contribution in [2.75, 3.05) is 6.54 Å². The van der Waals surface area contributed by atoms with Gasteiger partial charge in [-0.05, 0) is 19.0 Å².